The molecule has 0 bridgehead atoms. The van der Waals surface area contributed by atoms with Gasteiger partial charge in [-0.1, -0.05) is 18.2 Å². The molecule has 0 fully saturated rings. The molecule has 134 valence electrons. The van der Waals surface area contributed by atoms with Gasteiger partial charge in [0.15, 0.2) is 5.11 Å². The molecule has 2 aromatic rings. The highest BCUT2D eigenvalue weighted by Crippen LogP contribution is 2.12. The fourth-order valence-electron chi connectivity index (χ4n) is 2.09. The second-order valence-electron chi connectivity index (χ2n) is 5.21. The Kier molecular flexibility index (Phi) is 6.87. The van der Waals surface area contributed by atoms with Crippen LogP contribution in [0.25, 0.3) is 6.08 Å². The summed E-state index contributed by atoms with van der Waals surface area (Å²) < 4.78 is 5.08. The number of hydrogen-bond acceptors (Lipinski definition) is 4. The van der Waals surface area contributed by atoms with Gasteiger partial charge in [-0.2, -0.15) is 0 Å². The van der Waals surface area contributed by atoms with E-state index in [0.29, 0.717) is 11.3 Å². The lowest BCUT2D eigenvalue weighted by atomic mass is 10.2. The molecule has 0 aliphatic rings. The third-order valence-corrected chi connectivity index (χ3v) is 3.59. The molecule has 0 spiro atoms. The maximum Gasteiger partial charge on any atom is 0.251 e. The average Bonchev–Trinajstić information content (AvgIpc) is 2.66. The van der Waals surface area contributed by atoms with Crippen LogP contribution in [0.1, 0.15) is 15.9 Å². The van der Waals surface area contributed by atoms with Crippen molar-refractivity contribution >= 4 is 40.9 Å². The SMILES string of the molecule is CNC(=O)c1cccc(NC(=S)NC(=O)/C=C/c2ccc(OC)cc2)c1. The zero-order valence-corrected chi connectivity index (χ0v) is 15.2. The average molecular weight is 369 g/mol. The lowest BCUT2D eigenvalue weighted by molar-refractivity contribution is -0.115. The topological polar surface area (TPSA) is 79.5 Å². The van der Waals surface area contributed by atoms with Gasteiger partial charge in [0.25, 0.3) is 5.91 Å². The van der Waals surface area contributed by atoms with Gasteiger partial charge < -0.3 is 15.4 Å². The maximum absolute atomic E-state index is 11.9. The van der Waals surface area contributed by atoms with Crippen molar-refractivity contribution in [3.63, 3.8) is 0 Å². The molecule has 3 N–H and O–H groups in total. The number of amides is 2. The van der Waals surface area contributed by atoms with Crippen molar-refractivity contribution in [1.29, 1.82) is 0 Å². The third-order valence-electron chi connectivity index (χ3n) is 3.39. The third kappa shape index (κ3) is 5.71. The normalized spacial score (nSPS) is 10.2. The summed E-state index contributed by atoms with van der Waals surface area (Å²) in [6.45, 7) is 0. The minimum Gasteiger partial charge on any atom is -0.497 e. The highest BCUT2D eigenvalue weighted by molar-refractivity contribution is 7.80. The van der Waals surface area contributed by atoms with Crippen molar-refractivity contribution in [3.8, 4) is 5.75 Å². The predicted octanol–water partition coefficient (Wildman–Crippen LogP) is 2.58. The van der Waals surface area contributed by atoms with Gasteiger partial charge in [-0.25, -0.2) is 0 Å². The Morgan fingerprint density at radius 3 is 2.50 bits per heavy atom. The highest BCUT2D eigenvalue weighted by Gasteiger charge is 2.06. The smallest absolute Gasteiger partial charge is 0.251 e. The number of ether oxygens (including phenoxy) is 1. The van der Waals surface area contributed by atoms with E-state index in [9.17, 15) is 9.59 Å². The van der Waals surface area contributed by atoms with Gasteiger partial charge in [0.2, 0.25) is 5.91 Å². The van der Waals surface area contributed by atoms with E-state index in [4.69, 9.17) is 17.0 Å². The summed E-state index contributed by atoms with van der Waals surface area (Å²) >= 11 is 5.12. The maximum atomic E-state index is 11.9. The van der Waals surface area contributed by atoms with Crippen molar-refractivity contribution in [3.05, 3.63) is 65.7 Å². The van der Waals surface area contributed by atoms with E-state index in [2.05, 4.69) is 16.0 Å². The summed E-state index contributed by atoms with van der Waals surface area (Å²) in [5.74, 6) is 0.183. The molecule has 0 aliphatic heterocycles. The zero-order valence-electron chi connectivity index (χ0n) is 14.4. The predicted molar refractivity (Wildman–Crippen MR) is 106 cm³/mol. The zero-order chi connectivity index (χ0) is 18.9. The molecule has 0 saturated carbocycles. The minimum absolute atomic E-state index is 0.142. The van der Waals surface area contributed by atoms with Gasteiger partial charge >= 0.3 is 0 Å². The fourth-order valence-corrected chi connectivity index (χ4v) is 2.30. The molecule has 2 aromatic carbocycles. The monoisotopic (exact) mass is 369 g/mol. The van der Waals surface area contributed by atoms with E-state index in [0.717, 1.165) is 11.3 Å². The Bertz CT molecular complexity index is 832. The van der Waals surface area contributed by atoms with Crippen LogP contribution in [0.4, 0.5) is 5.69 Å². The number of carbonyl (C=O) groups is 2. The number of anilines is 1. The highest BCUT2D eigenvalue weighted by atomic mass is 32.1. The first kappa shape index (κ1) is 19.1. The van der Waals surface area contributed by atoms with E-state index < -0.39 is 0 Å². The van der Waals surface area contributed by atoms with Gasteiger partial charge in [0.1, 0.15) is 5.75 Å². The molecule has 6 nitrogen and oxygen atoms in total. The quantitative estimate of drug-likeness (QED) is 0.558. The summed E-state index contributed by atoms with van der Waals surface area (Å²) in [5.41, 5.74) is 1.96. The summed E-state index contributed by atoms with van der Waals surface area (Å²) in [7, 11) is 3.15. The first-order valence-corrected chi connectivity index (χ1v) is 8.19. The molecular formula is C19H19N3O3S. The molecule has 26 heavy (non-hydrogen) atoms. The van der Waals surface area contributed by atoms with Crippen LogP contribution in [-0.2, 0) is 4.79 Å². The number of thiocarbonyl (C=S) groups is 1. The van der Waals surface area contributed by atoms with Crippen LogP contribution >= 0.6 is 12.2 Å². The van der Waals surface area contributed by atoms with Crippen LogP contribution < -0.4 is 20.7 Å². The van der Waals surface area contributed by atoms with E-state index in [-0.39, 0.29) is 16.9 Å². The molecule has 7 heteroatoms. The Balaban J connectivity index is 1.91. The van der Waals surface area contributed by atoms with E-state index in [1.807, 2.05) is 24.3 Å². The van der Waals surface area contributed by atoms with Crippen LogP contribution in [0.2, 0.25) is 0 Å². The lowest BCUT2D eigenvalue weighted by Gasteiger charge is -2.09. The molecule has 0 saturated heterocycles. The molecule has 0 unspecified atom stereocenters. The standard InChI is InChI=1S/C19H19N3O3S/c1-20-18(24)14-4-3-5-15(12-14)21-19(26)22-17(23)11-8-13-6-9-16(25-2)10-7-13/h3-12H,1-2H3,(H,20,24)(H2,21,22,23,26)/b11-8+. The minimum atomic E-state index is -0.360. The summed E-state index contributed by atoms with van der Waals surface area (Å²) in [4.78, 5) is 23.6. The van der Waals surface area contributed by atoms with Crippen molar-refractivity contribution < 1.29 is 14.3 Å². The molecule has 0 aromatic heterocycles. The molecule has 2 rings (SSSR count). The second-order valence-corrected chi connectivity index (χ2v) is 5.62. The van der Waals surface area contributed by atoms with Crippen LogP contribution in [0, 0.1) is 0 Å². The van der Waals surface area contributed by atoms with E-state index >= 15 is 0 Å². The summed E-state index contributed by atoms with van der Waals surface area (Å²) in [6.07, 6.45) is 3.06. The van der Waals surface area contributed by atoms with Crippen LogP contribution in [0.3, 0.4) is 0 Å². The Morgan fingerprint density at radius 2 is 1.85 bits per heavy atom. The van der Waals surface area contributed by atoms with Gasteiger partial charge in [0.05, 0.1) is 7.11 Å². The number of nitrogens with one attached hydrogen (secondary N) is 3. The molecular weight excluding hydrogens is 350 g/mol. The van der Waals surface area contributed by atoms with Gasteiger partial charge in [-0.05, 0) is 54.2 Å². The molecule has 0 aliphatic carbocycles. The first-order valence-electron chi connectivity index (χ1n) is 7.78. The van der Waals surface area contributed by atoms with Gasteiger partial charge in [-0.3, -0.25) is 14.9 Å². The van der Waals surface area contributed by atoms with Gasteiger partial charge in [-0.15, -0.1) is 0 Å². The van der Waals surface area contributed by atoms with Crippen LogP contribution in [-0.4, -0.2) is 31.1 Å². The van der Waals surface area contributed by atoms with Crippen molar-refractivity contribution in [2.75, 3.05) is 19.5 Å². The van der Waals surface area contributed by atoms with E-state index in [1.54, 1.807) is 44.5 Å². The Morgan fingerprint density at radius 1 is 1.12 bits per heavy atom. The first-order chi connectivity index (χ1) is 12.5. The van der Waals surface area contributed by atoms with Crippen molar-refractivity contribution in [2.24, 2.45) is 0 Å². The van der Waals surface area contributed by atoms with Crippen molar-refractivity contribution in [2.45, 2.75) is 0 Å². The van der Waals surface area contributed by atoms with Crippen LogP contribution in [0.5, 0.6) is 5.75 Å². The Hall–Kier alpha value is -3.19. The largest absolute Gasteiger partial charge is 0.497 e. The number of hydrogen-bond donors (Lipinski definition) is 3. The Labute approximate surface area is 157 Å². The number of carbonyl (C=O) groups excluding carboxylic acids is 2. The lowest BCUT2D eigenvalue weighted by Crippen LogP contribution is -2.32. The number of benzene rings is 2. The molecule has 0 heterocycles. The molecule has 0 radical (unpaired) electrons. The molecule has 2 amide bonds. The summed E-state index contributed by atoms with van der Waals surface area (Å²) in [6, 6.07) is 14.1. The molecule has 0 atom stereocenters. The second kappa shape index (κ2) is 9.33. The number of rotatable bonds is 5. The van der Waals surface area contributed by atoms with Gasteiger partial charge in [0, 0.05) is 24.4 Å². The fraction of sp³-hybridized carbons (Fsp3) is 0.105. The number of methoxy groups -OCH3 is 1. The van der Waals surface area contributed by atoms with E-state index in [1.165, 1.54) is 6.08 Å². The van der Waals surface area contributed by atoms with Crippen molar-refractivity contribution in [1.82, 2.24) is 10.6 Å². The van der Waals surface area contributed by atoms with Crippen LogP contribution in [0.15, 0.2) is 54.6 Å². The summed E-state index contributed by atoms with van der Waals surface area (Å²) in [5, 5.41) is 8.12.